The van der Waals surface area contributed by atoms with Crippen molar-refractivity contribution in [2.45, 2.75) is 20.3 Å². The van der Waals surface area contributed by atoms with Crippen molar-refractivity contribution >= 4 is 27.8 Å². The van der Waals surface area contributed by atoms with Gasteiger partial charge in [0.1, 0.15) is 5.00 Å². The summed E-state index contributed by atoms with van der Waals surface area (Å²) in [6.07, 6.45) is 1.21. The minimum atomic E-state index is -0.0168. The molecule has 0 aromatic carbocycles. The van der Waals surface area contributed by atoms with Gasteiger partial charge in [0, 0.05) is 20.0 Å². The third-order valence-corrected chi connectivity index (χ3v) is 5.04. The van der Waals surface area contributed by atoms with Crippen LogP contribution in [0.5, 0.6) is 5.75 Å². The van der Waals surface area contributed by atoms with Crippen molar-refractivity contribution in [1.29, 1.82) is 0 Å². The zero-order chi connectivity index (χ0) is 14.7. The summed E-state index contributed by atoms with van der Waals surface area (Å²) in [5.74, 6) is 1.23. The van der Waals surface area contributed by atoms with Crippen LogP contribution >= 0.6 is 11.3 Å². The number of ketones is 1. The molecule has 2 rings (SSSR count). The minimum Gasteiger partial charge on any atom is -0.492 e. The van der Waals surface area contributed by atoms with Gasteiger partial charge in [-0.3, -0.25) is 4.79 Å². The summed E-state index contributed by atoms with van der Waals surface area (Å²) < 4.78 is 5.32. The first kappa shape index (κ1) is 15.1. The Morgan fingerprint density at radius 2 is 2.35 bits per heavy atom. The van der Waals surface area contributed by atoms with Crippen LogP contribution < -0.4 is 15.8 Å². The molecule has 0 spiro atoms. The van der Waals surface area contributed by atoms with E-state index in [1.165, 1.54) is 31.2 Å². The van der Waals surface area contributed by atoms with Crippen LogP contribution in [0, 0.1) is 5.92 Å². The molecule has 0 amide bonds. The van der Waals surface area contributed by atoms with Gasteiger partial charge in [0.25, 0.3) is 0 Å². The second-order valence-electron chi connectivity index (χ2n) is 5.19. The molecule has 1 aliphatic heterocycles. The normalized spacial score (nSPS) is 19.2. The summed E-state index contributed by atoms with van der Waals surface area (Å²) in [5, 5.41) is 4.27. The number of ether oxygens (including phenoxy) is 1. The van der Waals surface area contributed by atoms with Gasteiger partial charge in [-0.25, -0.2) is 0 Å². The third kappa shape index (κ3) is 3.07. The number of hydrogen-bond acceptors (Lipinski definition) is 6. The van der Waals surface area contributed by atoms with Crippen LogP contribution in [0.25, 0.3) is 0 Å². The predicted octanol–water partition coefficient (Wildman–Crippen LogP) is 2.30. The maximum atomic E-state index is 11.5. The first-order chi connectivity index (χ1) is 9.56. The van der Waals surface area contributed by atoms with Crippen molar-refractivity contribution < 1.29 is 9.53 Å². The van der Waals surface area contributed by atoms with Crippen molar-refractivity contribution in [2.24, 2.45) is 5.92 Å². The number of nitrogen functional groups attached to an aromatic ring is 1. The molecular weight excluding hydrogens is 274 g/mol. The number of likely N-dealkylation sites (tertiary alicyclic amines) is 1. The Hall–Kier alpha value is -1.27. The predicted molar refractivity (Wildman–Crippen MR) is 84.0 cm³/mol. The van der Waals surface area contributed by atoms with Crippen molar-refractivity contribution in [1.82, 2.24) is 4.90 Å². The van der Waals surface area contributed by atoms with E-state index in [4.69, 9.17) is 10.5 Å². The molecule has 1 saturated heterocycles. The topological polar surface area (TPSA) is 67.6 Å². The van der Waals surface area contributed by atoms with Crippen LogP contribution in [0.3, 0.4) is 0 Å². The van der Waals surface area contributed by atoms with Crippen molar-refractivity contribution in [3.63, 3.8) is 0 Å². The van der Waals surface area contributed by atoms with E-state index in [2.05, 4.69) is 17.1 Å². The van der Waals surface area contributed by atoms with E-state index in [9.17, 15) is 4.79 Å². The van der Waals surface area contributed by atoms with Crippen LogP contribution in [-0.4, -0.2) is 44.0 Å². The number of nitrogens with two attached hydrogens (primary N) is 1. The van der Waals surface area contributed by atoms with Gasteiger partial charge in [0.15, 0.2) is 11.5 Å². The molecule has 3 N–H and O–H groups in total. The lowest BCUT2D eigenvalue weighted by molar-refractivity contribution is 0.102. The standard InChI is InChI=1S/C14H23N3O2S/c1-4-17-6-5-10(8-17)7-16-14-12(19-3)11(15)13(20-14)9(2)18/h10,16H,4-8,15H2,1-3H3. The number of nitrogens with zero attached hydrogens (tertiary/aromatic N) is 1. The van der Waals surface area contributed by atoms with Crippen LogP contribution in [0.2, 0.25) is 0 Å². The van der Waals surface area contributed by atoms with Crippen LogP contribution in [0.1, 0.15) is 29.9 Å². The fourth-order valence-corrected chi connectivity index (χ4v) is 3.61. The van der Waals surface area contributed by atoms with Gasteiger partial charge >= 0.3 is 0 Å². The molecule has 20 heavy (non-hydrogen) atoms. The maximum absolute atomic E-state index is 11.5. The Bertz CT molecular complexity index is 487. The lowest BCUT2D eigenvalue weighted by Gasteiger charge is -2.14. The lowest BCUT2D eigenvalue weighted by Crippen LogP contribution is -2.22. The molecule has 0 bridgehead atoms. The molecule has 6 heteroatoms. The van der Waals surface area contributed by atoms with Crippen LogP contribution in [0.15, 0.2) is 0 Å². The van der Waals surface area contributed by atoms with Crippen LogP contribution in [-0.2, 0) is 0 Å². The molecular formula is C14H23N3O2S. The zero-order valence-electron chi connectivity index (χ0n) is 12.4. The number of thiophene rings is 1. The van der Waals surface area contributed by atoms with E-state index in [0.717, 1.165) is 24.6 Å². The molecule has 1 aliphatic rings. The maximum Gasteiger partial charge on any atom is 0.176 e. The molecule has 1 aromatic rings. The van der Waals surface area contributed by atoms with Gasteiger partial charge in [-0.15, -0.1) is 11.3 Å². The van der Waals surface area contributed by atoms with Crippen molar-refractivity contribution in [3.8, 4) is 5.75 Å². The number of methoxy groups -OCH3 is 1. The van der Waals surface area contributed by atoms with Crippen molar-refractivity contribution in [3.05, 3.63) is 4.88 Å². The van der Waals surface area contributed by atoms with Gasteiger partial charge in [0.05, 0.1) is 17.7 Å². The molecule has 1 aromatic heterocycles. The van der Waals surface area contributed by atoms with E-state index in [0.29, 0.717) is 22.2 Å². The zero-order valence-corrected chi connectivity index (χ0v) is 13.2. The molecule has 0 saturated carbocycles. The first-order valence-electron chi connectivity index (χ1n) is 7.00. The largest absolute Gasteiger partial charge is 0.492 e. The third-order valence-electron chi connectivity index (χ3n) is 3.79. The molecule has 112 valence electrons. The molecule has 1 fully saturated rings. The van der Waals surface area contributed by atoms with E-state index in [-0.39, 0.29) is 5.78 Å². The highest BCUT2D eigenvalue weighted by atomic mass is 32.1. The van der Waals surface area contributed by atoms with E-state index in [1.54, 1.807) is 7.11 Å². The van der Waals surface area contributed by atoms with Gasteiger partial charge in [-0.2, -0.15) is 0 Å². The number of anilines is 2. The number of hydrogen-bond donors (Lipinski definition) is 2. The average molecular weight is 297 g/mol. The summed E-state index contributed by atoms with van der Waals surface area (Å²) in [6, 6.07) is 0. The Labute approximate surface area is 124 Å². The smallest absolute Gasteiger partial charge is 0.176 e. The Kier molecular flexibility index (Phi) is 4.88. The minimum absolute atomic E-state index is 0.0168. The van der Waals surface area contributed by atoms with E-state index >= 15 is 0 Å². The van der Waals surface area contributed by atoms with Gasteiger partial charge in [-0.05, 0) is 25.4 Å². The summed E-state index contributed by atoms with van der Waals surface area (Å²) in [4.78, 5) is 14.6. The number of rotatable bonds is 6. The summed E-state index contributed by atoms with van der Waals surface area (Å²) in [6.45, 7) is 8.03. The van der Waals surface area contributed by atoms with E-state index in [1.807, 2.05) is 0 Å². The van der Waals surface area contributed by atoms with Crippen LogP contribution in [0.4, 0.5) is 10.7 Å². The molecule has 0 aliphatic carbocycles. The molecule has 0 radical (unpaired) electrons. The monoisotopic (exact) mass is 297 g/mol. The molecule has 5 nitrogen and oxygen atoms in total. The second-order valence-corrected chi connectivity index (χ2v) is 6.21. The summed E-state index contributed by atoms with van der Waals surface area (Å²) >= 11 is 1.38. The van der Waals surface area contributed by atoms with Gasteiger partial charge in [-0.1, -0.05) is 6.92 Å². The SMILES string of the molecule is CCN1CCC(CNc2sc(C(C)=O)c(N)c2OC)C1. The Morgan fingerprint density at radius 1 is 1.60 bits per heavy atom. The van der Waals surface area contributed by atoms with Gasteiger partial charge in [0.2, 0.25) is 0 Å². The Morgan fingerprint density at radius 3 is 2.90 bits per heavy atom. The average Bonchev–Trinajstić information content (AvgIpc) is 3.00. The Balaban J connectivity index is 2.02. The number of nitrogens with one attached hydrogen (secondary N) is 1. The highest BCUT2D eigenvalue weighted by molar-refractivity contribution is 7.19. The van der Waals surface area contributed by atoms with Gasteiger partial charge < -0.3 is 20.7 Å². The summed E-state index contributed by atoms with van der Waals surface area (Å²) in [7, 11) is 1.59. The number of Topliss-reactive ketones (excluding diaryl/α,β-unsaturated/α-hetero) is 1. The highest BCUT2D eigenvalue weighted by Gasteiger charge is 2.23. The summed E-state index contributed by atoms with van der Waals surface area (Å²) in [5.41, 5.74) is 6.41. The fourth-order valence-electron chi connectivity index (χ4n) is 2.61. The second kappa shape index (κ2) is 6.45. The van der Waals surface area contributed by atoms with Crippen molar-refractivity contribution in [2.75, 3.05) is 44.3 Å². The number of carbonyl (C=O) groups excluding carboxylic acids is 1. The fraction of sp³-hybridized carbons (Fsp3) is 0.643. The molecule has 2 heterocycles. The quantitative estimate of drug-likeness (QED) is 0.789. The molecule has 1 unspecified atom stereocenters. The number of carbonyl (C=O) groups is 1. The molecule has 1 atom stereocenters. The van der Waals surface area contributed by atoms with E-state index < -0.39 is 0 Å². The highest BCUT2D eigenvalue weighted by Crippen LogP contribution is 2.42. The first-order valence-corrected chi connectivity index (χ1v) is 7.81. The lowest BCUT2D eigenvalue weighted by atomic mass is 10.1.